The van der Waals surface area contributed by atoms with Gasteiger partial charge in [-0.3, -0.25) is 0 Å². The molecule has 3 nitrogen and oxygen atoms in total. The maximum absolute atomic E-state index is 4.43. The number of hydrogen-bond acceptors (Lipinski definition) is 2. The molecule has 0 aromatic carbocycles. The minimum absolute atomic E-state index is 0.719. The molecule has 0 amide bonds. The lowest BCUT2D eigenvalue weighted by Crippen LogP contribution is -2.34. The molecule has 2 atom stereocenters. The number of nitrogens with one attached hydrogen (secondary N) is 1. The van der Waals surface area contributed by atoms with Gasteiger partial charge in [-0.2, -0.15) is 0 Å². The van der Waals surface area contributed by atoms with Crippen LogP contribution >= 0.6 is 0 Å². The Balaban J connectivity index is 1.91. The molecule has 2 rings (SSSR count). The van der Waals surface area contributed by atoms with Crippen molar-refractivity contribution < 1.29 is 0 Å². The van der Waals surface area contributed by atoms with Crippen LogP contribution in [-0.4, -0.2) is 22.1 Å². The molecule has 1 aliphatic carbocycles. The monoisotopic (exact) mass is 221 g/mol. The van der Waals surface area contributed by atoms with Gasteiger partial charge >= 0.3 is 0 Å². The van der Waals surface area contributed by atoms with Crippen molar-refractivity contribution in [2.45, 2.75) is 45.1 Å². The van der Waals surface area contributed by atoms with Crippen molar-refractivity contribution in [2.75, 3.05) is 6.54 Å². The van der Waals surface area contributed by atoms with Gasteiger partial charge in [-0.15, -0.1) is 0 Å². The zero-order valence-electron chi connectivity index (χ0n) is 10.4. The third-order valence-electron chi connectivity index (χ3n) is 3.68. The van der Waals surface area contributed by atoms with Gasteiger partial charge in [0, 0.05) is 31.9 Å². The van der Waals surface area contributed by atoms with E-state index in [0.29, 0.717) is 0 Å². The lowest BCUT2D eigenvalue weighted by molar-refractivity contribution is 0.390. The summed E-state index contributed by atoms with van der Waals surface area (Å²) in [4.78, 5) is 4.43. The van der Waals surface area contributed by atoms with E-state index in [-0.39, 0.29) is 0 Å². The van der Waals surface area contributed by atoms with Crippen LogP contribution in [0, 0.1) is 5.92 Å². The summed E-state index contributed by atoms with van der Waals surface area (Å²) in [5.41, 5.74) is 0. The summed E-state index contributed by atoms with van der Waals surface area (Å²) in [6.45, 7) is 3.39. The van der Waals surface area contributed by atoms with Gasteiger partial charge in [-0.05, 0) is 31.7 Å². The minimum Gasteiger partial charge on any atom is -0.338 e. The highest BCUT2D eigenvalue weighted by Gasteiger charge is 2.27. The highest BCUT2D eigenvalue weighted by atomic mass is 15.0. The first-order chi connectivity index (χ1) is 7.81. The van der Waals surface area contributed by atoms with E-state index in [1.54, 1.807) is 0 Å². The Morgan fingerprint density at radius 3 is 3.06 bits per heavy atom. The molecule has 16 heavy (non-hydrogen) atoms. The first kappa shape index (κ1) is 11.6. The number of imidazole rings is 1. The Hall–Kier alpha value is -0.830. The van der Waals surface area contributed by atoms with Gasteiger partial charge < -0.3 is 9.88 Å². The summed E-state index contributed by atoms with van der Waals surface area (Å²) in [5.74, 6) is 2.02. The first-order valence-electron chi connectivity index (χ1n) is 6.51. The highest BCUT2D eigenvalue weighted by Crippen LogP contribution is 2.28. The Kier molecular flexibility index (Phi) is 3.99. The van der Waals surface area contributed by atoms with E-state index in [0.717, 1.165) is 24.9 Å². The molecule has 3 heteroatoms. The minimum atomic E-state index is 0.719. The Morgan fingerprint density at radius 2 is 2.38 bits per heavy atom. The van der Waals surface area contributed by atoms with Crippen LogP contribution in [-0.2, 0) is 13.5 Å². The summed E-state index contributed by atoms with van der Waals surface area (Å²) in [7, 11) is 2.09. The maximum Gasteiger partial charge on any atom is 0.108 e. The predicted octanol–water partition coefficient (Wildman–Crippen LogP) is 2.13. The topological polar surface area (TPSA) is 29.9 Å². The smallest absolute Gasteiger partial charge is 0.108 e. The van der Waals surface area contributed by atoms with Gasteiger partial charge in [0.25, 0.3) is 0 Å². The molecule has 0 aliphatic heterocycles. The van der Waals surface area contributed by atoms with Gasteiger partial charge in [0.05, 0.1) is 0 Å². The summed E-state index contributed by atoms with van der Waals surface area (Å²) >= 11 is 0. The van der Waals surface area contributed by atoms with Crippen LogP contribution in [0.5, 0.6) is 0 Å². The fourth-order valence-corrected chi connectivity index (χ4v) is 2.71. The fraction of sp³-hybridized carbons (Fsp3) is 0.769. The summed E-state index contributed by atoms with van der Waals surface area (Å²) in [5, 5.41) is 3.68. The van der Waals surface area contributed by atoms with E-state index in [1.807, 2.05) is 12.4 Å². The third kappa shape index (κ3) is 2.64. The zero-order chi connectivity index (χ0) is 11.4. The van der Waals surface area contributed by atoms with Crippen LogP contribution in [0.4, 0.5) is 0 Å². The van der Waals surface area contributed by atoms with Crippen molar-refractivity contribution in [2.24, 2.45) is 13.0 Å². The third-order valence-corrected chi connectivity index (χ3v) is 3.68. The average molecular weight is 221 g/mol. The van der Waals surface area contributed by atoms with Crippen LogP contribution in [0.25, 0.3) is 0 Å². The lowest BCUT2D eigenvalue weighted by Gasteiger charge is -2.20. The van der Waals surface area contributed by atoms with Crippen molar-refractivity contribution in [1.29, 1.82) is 0 Å². The van der Waals surface area contributed by atoms with Crippen LogP contribution in [0.2, 0.25) is 0 Å². The number of aryl methyl sites for hydroxylation is 1. The number of aromatic nitrogens is 2. The molecule has 1 heterocycles. The van der Waals surface area contributed by atoms with Gasteiger partial charge in [0.2, 0.25) is 0 Å². The molecular weight excluding hydrogens is 198 g/mol. The Bertz CT molecular complexity index is 319. The second-order valence-electron chi connectivity index (χ2n) is 4.91. The molecule has 1 saturated carbocycles. The molecule has 1 aromatic rings. The Labute approximate surface area is 98.3 Å². The summed E-state index contributed by atoms with van der Waals surface area (Å²) < 4.78 is 2.15. The highest BCUT2D eigenvalue weighted by molar-refractivity contribution is 4.96. The van der Waals surface area contributed by atoms with Crippen LogP contribution in [0.15, 0.2) is 12.4 Å². The molecule has 2 unspecified atom stereocenters. The second kappa shape index (κ2) is 5.48. The standard InChI is InChI=1S/C13H23N3/c1-3-7-14-12-6-4-5-11(12)10-13-15-8-9-16(13)2/h8-9,11-12,14H,3-7,10H2,1-2H3. The van der Waals surface area contributed by atoms with Crippen molar-refractivity contribution in [3.05, 3.63) is 18.2 Å². The normalized spacial score (nSPS) is 25.1. The van der Waals surface area contributed by atoms with Crippen LogP contribution < -0.4 is 5.32 Å². The molecule has 0 saturated heterocycles. The average Bonchev–Trinajstić information content (AvgIpc) is 2.87. The van der Waals surface area contributed by atoms with E-state index >= 15 is 0 Å². The van der Waals surface area contributed by atoms with E-state index < -0.39 is 0 Å². The van der Waals surface area contributed by atoms with Gasteiger partial charge in [-0.25, -0.2) is 4.98 Å². The Morgan fingerprint density at radius 1 is 1.50 bits per heavy atom. The van der Waals surface area contributed by atoms with Gasteiger partial charge in [0.1, 0.15) is 5.82 Å². The molecule has 1 fully saturated rings. The molecule has 1 aliphatic rings. The van der Waals surface area contributed by atoms with E-state index in [1.165, 1.54) is 31.5 Å². The van der Waals surface area contributed by atoms with Crippen molar-refractivity contribution in [3.63, 3.8) is 0 Å². The quantitative estimate of drug-likeness (QED) is 0.825. The molecule has 0 radical (unpaired) electrons. The molecule has 90 valence electrons. The number of nitrogens with zero attached hydrogens (tertiary/aromatic N) is 2. The molecule has 0 bridgehead atoms. The van der Waals surface area contributed by atoms with E-state index in [4.69, 9.17) is 0 Å². The van der Waals surface area contributed by atoms with Crippen LogP contribution in [0.1, 0.15) is 38.4 Å². The summed E-state index contributed by atoms with van der Waals surface area (Å²) in [6, 6.07) is 0.719. The van der Waals surface area contributed by atoms with Crippen molar-refractivity contribution in [1.82, 2.24) is 14.9 Å². The largest absolute Gasteiger partial charge is 0.338 e. The zero-order valence-corrected chi connectivity index (χ0v) is 10.4. The predicted molar refractivity (Wildman–Crippen MR) is 66.3 cm³/mol. The molecule has 1 aromatic heterocycles. The number of rotatable bonds is 5. The molecule has 0 spiro atoms. The first-order valence-corrected chi connectivity index (χ1v) is 6.51. The molecule has 1 N–H and O–H groups in total. The van der Waals surface area contributed by atoms with Crippen LogP contribution in [0.3, 0.4) is 0 Å². The SMILES string of the molecule is CCCNC1CCCC1Cc1nccn1C. The number of hydrogen-bond donors (Lipinski definition) is 1. The van der Waals surface area contributed by atoms with Gasteiger partial charge in [0.15, 0.2) is 0 Å². The van der Waals surface area contributed by atoms with E-state index in [9.17, 15) is 0 Å². The van der Waals surface area contributed by atoms with Crippen molar-refractivity contribution in [3.8, 4) is 0 Å². The second-order valence-corrected chi connectivity index (χ2v) is 4.91. The maximum atomic E-state index is 4.43. The van der Waals surface area contributed by atoms with Crippen molar-refractivity contribution >= 4 is 0 Å². The van der Waals surface area contributed by atoms with Gasteiger partial charge in [-0.1, -0.05) is 13.3 Å². The lowest BCUT2D eigenvalue weighted by atomic mass is 9.99. The summed E-state index contributed by atoms with van der Waals surface area (Å²) in [6.07, 6.45) is 10.4. The fourth-order valence-electron chi connectivity index (χ4n) is 2.71. The van der Waals surface area contributed by atoms with E-state index in [2.05, 4.69) is 28.8 Å². The molecular formula is C13H23N3.